The number of hydrogen-bond acceptors (Lipinski definition) is 2. The van der Waals surface area contributed by atoms with E-state index in [1.54, 1.807) is 0 Å². The van der Waals surface area contributed by atoms with Crippen LogP contribution in [0, 0.1) is 0 Å². The van der Waals surface area contributed by atoms with Crippen LogP contribution in [0.4, 0.5) is 0 Å². The molecule has 0 aliphatic heterocycles. The molecule has 0 atom stereocenters. The third-order valence-corrected chi connectivity index (χ3v) is 4.35. The molecule has 2 nitrogen and oxygen atoms in total. The third kappa shape index (κ3) is 3.28. The molecule has 0 saturated heterocycles. The summed E-state index contributed by atoms with van der Waals surface area (Å²) in [5.41, 5.74) is 6.70. The first kappa shape index (κ1) is 14.6. The maximum Gasteiger partial charge on any atom is 0.141 e. The van der Waals surface area contributed by atoms with E-state index in [1.807, 2.05) is 36.4 Å². The van der Waals surface area contributed by atoms with Crippen molar-refractivity contribution < 1.29 is 4.74 Å². The van der Waals surface area contributed by atoms with Crippen LogP contribution in [0.3, 0.4) is 0 Å². The summed E-state index contributed by atoms with van der Waals surface area (Å²) < 4.78 is 7.92. The number of benzene rings is 3. The summed E-state index contributed by atoms with van der Waals surface area (Å²) >= 11 is 7.00. The predicted octanol–water partition coefficient (Wildman–Crippen LogP) is 5.62. The zero-order valence-electron chi connectivity index (χ0n) is 11.1. The lowest BCUT2D eigenvalue weighted by atomic mass is 10.1. The topological polar surface area (TPSA) is 35.2 Å². The van der Waals surface area contributed by atoms with E-state index >= 15 is 0 Å². The Kier molecular flexibility index (Phi) is 4.29. The van der Waals surface area contributed by atoms with Crippen molar-refractivity contribution in [3.05, 3.63) is 69.1 Å². The van der Waals surface area contributed by atoms with Crippen LogP contribution in [-0.4, -0.2) is 0 Å². The van der Waals surface area contributed by atoms with Crippen LogP contribution in [0.15, 0.2) is 63.5 Å². The Balaban J connectivity index is 1.92. The van der Waals surface area contributed by atoms with Crippen LogP contribution in [0.1, 0.15) is 5.56 Å². The molecule has 0 bridgehead atoms. The summed E-state index contributed by atoms with van der Waals surface area (Å²) in [4.78, 5) is 0. The first-order chi connectivity index (χ1) is 10.2. The Morgan fingerprint density at radius 2 is 1.62 bits per heavy atom. The maximum atomic E-state index is 5.95. The van der Waals surface area contributed by atoms with E-state index in [-0.39, 0.29) is 0 Å². The third-order valence-electron chi connectivity index (χ3n) is 3.23. The molecule has 0 fully saturated rings. The standard InChI is InChI=1S/C17H13Br2NO/c18-14-4-2-13-9-15(5-3-12(13)8-14)21-17-6-1-11(10-20)7-16(17)19/h1-9H,10,20H2. The smallest absolute Gasteiger partial charge is 0.141 e. The van der Waals surface area contributed by atoms with Gasteiger partial charge < -0.3 is 10.5 Å². The molecule has 21 heavy (non-hydrogen) atoms. The number of nitrogens with two attached hydrogens (primary N) is 1. The largest absolute Gasteiger partial charge is 0.456 e. The molecule has 106 valence electrons. The fourth-order valence-corrected chi connectivity index (χ4v) is 3.03. The highest BCUT2D eigenvalue weighted by molar-refractivity contribution is 9.10. The minimum absolute atomic E-state index is 0.518. The Labute approximate surface area is 140 Å². The van der Waals surface area contributed by atoms with Crippen LogP contribution < -0.4 is 10.5 Å². The average molecular weight is 407 g/mol. The van der Waals surface area contributed by atoms with Gasteiger partial charge in [-0.15, -0.1) is 0 Å². The van der Waals surface area contributed by atoms with Crippen LogP contribution in [0.5, 0.6) is 11.5 Å². The molecule has 2 N–H and O–H groups in total. The fraction of sp³-hybridized carbons (Fsp3) is 0.0588. The highest BCUT2D eigenvalue weighted by Crippen LogP contribution is 2.32. The highest BCUT2D eigenvalue weighted by Gasteiger charge is 2.05. The summed E-state index contributed by atoms with van der Waals surface area (Å²) in [5, 5.41) is 2.32. The maximum absolute atomic E-state index is 5.95. The Morgan fingerprint density at radius 1 is 0.857 bits per heavy atom. The Morgan fingerprint density at radius 3 is 2.38 bits per heavy atom. The fourth-order valence-electron chi connectivity index (χ4n) is 2.14. The second kappa shape index (κ2) is 6.18. The minimum atomic E-state index is 0.518. The minimum Gasteiger partial charge on any atom is -0.456 e. The Bertz CT molecular complexity index is 802. The molecular weight excluding hydrogens is 394 g/mol. The van der Waals surface area contributed by atoms with Gasteiger partial charge >= 0.3 is 0 Å². The van der Waals surface area contributed by atoms with Gasteiger partial charge in [-0.2, -0.15) is 0 Å². The molecule has 0 heterocycles. The van der Waals surface area contributed by atoms with Crippen molar-refractivity contribution in [3.8, 4) is 11.5 Å². The van der Waals surface area contributed by atoms with E-state index in [0.717, 1.165) is 31.4 Å². The van der Waals surface area contributed by atoms with E-state index < -0.39 is 0 Å². The number of fused-ring (bicyclic) bond motifs is 1. The van der Waals surface area contributed by atoms with Crippen molar-refractivity contribution in [1.82, 2.24) is 0 Å². The molecule has 3 aromatic rings. The summed E-state index contributed by atoms with van der Waals surface area (Å²) in [6, 6.07) is 18.1. The van der Waals surface area contributed by atoms with Gasteiger partial charge in [-0.25, -0.2) is 0 Å². The zero-order valence-corrected chi connectivity index (χ0v) is 14.3. The summed E-state index contributed by atoms with van der Waals surface area (Å²) in [5.74, 6) is 1.59. The quantitative estimate of drug-likeness (QED) is 0.612. The van der Waals surface area contributed by atoms with E-state index in [9.17, 15) is 0 Å². The van der Waals surface area contributed by atoms with Gasteiger partial charge in [0.1, 0.15) is 11.5 Å². The van der Waals surface area contributed by atoms with E-state index in [0.29, 0.717) is 6.54 Å². The predicted molar refractivity (Wildman–Crippen MR) is 93.8 cm³/mol. The summed E-state index contributed by atoms with van der Waals surface area (Å²) in [6.07, 6.45) is 0. The monoisotopic (exact) mass is 405 g/mol. The normalized spacial score (nSPS) is 10.8. The van der Waals surface area contributed by atoms with Gasteiger partial charge in [0.15, 0.2) is 0 Å². The number of halogens is 2. The molecule has 3 aromatic carbocycles. The molecule has 0 aliphatic rings. The van der Waals surface area contributed by atoms with Crippen LogP contribution in [-0.2, 0) is 6.54 Å². The van der Waals surface area contributed by atoms with E-state index in [1.165, 1.54) is 5.39 Å². The zero-order chi connectivity index (χ0) is 14.8. The number of rotatable bonds is 3. The molecule has 0 unspecified atom stereocenters. The molecule has 0 aliphatic carbocycles. The van der Waals surface area contributed by atoms with Crippen molar-refractivity contribution in [2.24, 2.45) is 5.73 Å². The first-order valence-corrected chi connectivity index (χ1v) is 8.10. The first-order valence-electron chi connectivity index (χ1n) is 6.51. The van der Waals surface area contributed by atoms with E-state index in [4.69, 9.17) is 10.5 Å². The van der Waals surface area contributed by atoms with Crippen LogP contribution >= 0.6 is 31.9 Å². The Hall–Kier alpha value is -1.36. The second-order valence-corrected chi connectivity index (χ2v) is 6.49. The van der Waals surface area contributed by atoms with Gasteiger partial charge in [0.25, 0.3) is 0 Å². The molecule has 0 radical (unpaired) electrons. The van der Waals surface area contributed by atoms with Crippen molar-refractivity contribution in [2.45, 2.75) is 6.54 Å². The van der Waals surface area contributed by atoms with Gasteiger partial charge in [0.05, 0.1) is 4.47 Å². The lowest BCUT2D eigenvalue weighted by Gasteiger charge is -2.10. The molecule has 4 heteroatoms. The second-order valence-electron chi connectivity index (χ2n) is 4.72. The number of hydrogen-bond donors (Lipinski definition) is 1. The van der Waals surface area contributed by atoms with Gasteiger partial charge in [0, 0.05) is 11.0 Å². The van der Waals surface area contributed by atoms with Crippen molar-refractivity contribution in [1.29, 1.82) is 0 Å². The van der Waals surface area contributed by atoms with Gasteiger partial charge in [-0.05, 0) is 68.7 Å². The van der Waals surface area contributed by atoms with Crippen LogP contribution in [0.2, 0.25) is 0 Å². The van der Waals surface area contributed by atoms with Crippen molar-refractivity contribution >= 4 is 42.6 Å². The van der Waals surface area contributed by atoms with Gasteiger partial charge in [-0.3, -0.25) is 0 Å². The van der Waals surface area contributed by atoms with Crippen molar-refractivity contribution in [2.75, 3.05) is 0 Å². The molecular formula is C17H13Br2NO. The van der Waals surface area contributed by atoms with Gasteiger partial charge in [0.2, 0.25) is 0 Å². The highest BCUT2D eigenvalue weighted by atomic mass is 79.9. The summed E-state index contributed by atoms with van der Waals surface area (Å²) in [6.45, 7) is 0.518. The van der Waals surface area contributed by atoms with Crippen molar-refractivity contribution in [3.63, 3.8) is 0 Å². The lowest BCUT2D eigenvalue weighted by Crippen LogP contribution is -1.96. The average Bonchev–Trinajstić information content (AvgIpc) is 2.49. The van der Waals surface area contributed by atoms with E-state index in [2.05, 4.69) is 50.1 Å². The number of ether oxygens (including phenoxy) is 1. The molecule has 0 amide bonds. The summed E-state index contributed by atoms with van der Waals surface area (Å²) in [7, 11) is 0. The lowest BCUT2D eigenvalue weighted by molar-refractivity contribution is 0.480. The molecule has 3 rings (SSSR count). The SMILES string of the molecule is NCc1ccc(Oc2ccc3cc(Br)ccc3c2)c(Br)c1. The van der Waals surface area contributed by atoms with Crippen LogP contribution in [0.25, 0.3) is 10.8 Å². The molecule has 0 aromatic heterocycles. The molecule has 0 spiro atoms. The van der Waals surface area contributed by atoms with Gasteiger partial charge in [-0.1, -0.05) is 34.1 Å². The molecule has 0 saturated carbocycles.